The Morgan fingerprint density at radius 1 is 1.33 bits per heavy atom. The predicted molar refractivity (Wildman–Crippen MR) is 78.7 cm³/mol. The molecule has 0 aliphatic heterocycles. The topological polar surface area (TPSA) is 29.9 Å². The summed E-state index contributed by atoms with van der Waals surface area (Å²) >= 11 is 3.54. The molecule has 0 atom stereocenters. The highest BCUT2D eigenvalue weighted by atomic mass is 79.9. The van der Waals surface area contributed by atoms with Crippen LogP contribution in [0.1, 0.15) is 11.3 Å². The van der Waals surface area contributed by atoms with Crippen LogP contribution in [0.4, 0.5) is 0 Å². The molecular weight excluding hydrogens is 290 g/mol. The summed E-state index contributed by atoms with van der Waals surface area (Å²) in [5.74, 6) is 0. The van der Waals surface area contributed by atoms with Crippen molar-refractivity contribution in [1.82, 2.24) is 15.1 Å². The quantitative estimate of drug-likeness (QED) is 0.941. The Balaban J connectivity index is 2.46. The van der Waals surface area contributed by atoms with E-state index in [1.165, 1.54) is 22.4 Å². The lowest BCUT2D eigenvalue weighted by molar-refractivity contribution is 0.682. The van der Waals surface area contributed by atoms with E-state index in [0.717, 1.165) is 17.4 Å². The molecule has 4 heteroatoms. The number of halogens is 1. The minimum atomic E-state index is 0.958. The highest BCUT2D eigenvalue weighted by Gasteiger charge is 2.12. The molecule has 0 saturated heterocycles. The Hall–Kier alpha value is -1.13. The standard InChI is InChI=1S/C14H18BrN3/c1-10-4-5-11(15)8-12(10)13-9-17-18(3)14(13)6-7-16-2/h4-5,8-9,16H,6-7H2,1-3H3. The summed E-state index contributed by atoms with van der Waals surface area (Å²) in [4.78, 5) is 0. The van der Waals surface area contributed by atoms with E-state index in [0.29, 0.717) is 0 Å². The van der Waals surface area contributed by atoms with Crippen molar-refractivity contribution in [2.45, 2.75) is 13.3 Å². The van der Waals surface area contributed by atoms with E-state index >= 15 is 0 Å². The molecule has 1 aromatic heterocycles. The highest BCUT2D eigenvalue weighted by molar-refractivity contribution is 9.10. The maximum absolute atomic E-state index is 4.39. The molecule has 3 nitrogen and oxygen atoms in total. The predicted octanol–water partition coefficient (Wildman–Crippen LogP) is 2.92. The SMILES string of the molecule is CNCCc1c(-c2cc(Br)ccc2C)cnn1C. The van der Waals surface area contributed by atoms with Gasteiger partial charge < -0.3 is 5.32 Å². The van der Waals surface area contributed by atoms with Crippen molar-refractivity contribution < 1.29 is 0 Å². The van der Waals surface area contributed by atoms with Gasteiger partial charge in [-0.25, -0.2) is 0 Å². The second-order valence-electron chi connectivity index (χ2n) is 4.44. The Morgan fingerprint density at radius 2 is 2.11 bits per heavy atom. The zero-order valence-electron chi connectivity index (χ0n) is 11.0. The molecule has 1 aromatic carbocycles. The smallest absolute Gasteiger partial charge is 0.0571 e. The summed E-state index contributed by atoms with van der Waals surface area (Å²) < 4.78 is 3.07. The molecule has 1 N–H and O–H groups in total. The van der Waals surface area contributed by atoms with Gasteiger partial charge in [0.25, 0.3) is 0 Å². The lowest BCUT2D eigenvalue weighted by Gasteiger charge is -2.09. The minimum absolute atomic E-state index is 0.958. The summed E-state index contributed by atoms with van der Waals surface area (Å²) in [7, 11) is 3.97. The highest BCUT2D eigenvalue weighted by Crippen LogP contribution is 2.29. The van der Waals surface area contributed by atoms with Crippen LogP contribution in [0.25, 0.3) is 11.1 Å². The second kappa shape index (κ2) is 5.67. The number of likely N-dealkylation sites (N-methyl/N-ethyl adjacent to an activating group) is 1. The molecular formula is C14H18BrN3. The van der Waals surface area contributed by atoms with E-state index in [1.54, 1.807) is 0 Å². The Bertz CT molecular complexity index is 546. The fraction of sp³-hybridized carbons (Fsp3) is 0.357. The average Bonchev–Trinajstić information content (AvgIpc) is 2.71. The molecule has 0 radical (unpaired) electrons. The third kappa shape index (κ3) is 2.65. The molecule has 1 heterocycles. The number of aryl methyl sites for hydroxylation is 2. The monoisotopic (exact) mass is 307 g/mol. The third-order valence-corrected chi connectivity index (χ3v) is 3.66. The van der Waals surface area contributed by atoms with Crippen LogP contribution in [0.2, 0.25) is 0 Å². The minimum Gasteiger partial charge on any atom is -0.319 e. The van der Waals surface area contributed by atoms with Crippen LogP contribution >= 0.6 is 15.9 Å². The van der Waals surface area contributed by atoms with Crippen LogP contribution in [0, 0.1) is 6.92 Å². The molecule has 0 aliphatic rings. The molecule has 2 aromatic rings. The number of aromatic nitrogens is 2. The van der Waals surface area contributed by atoms with E-state index in [2.05, 4.69) is 51.5 Å². The molecule has 0 spiro atoms. The third-order valence-electron chi connectivity index (χ3n) is 3.16. The number of benzene rings is 1. The van der Waals surface area contributed by atoms with Gasteiger partial charge in [0, 0.05) is 35.7 Å². The first kappa shape index (κ1) is 13.3. The van der Waals surface area contributed by atoms with Crippen molar-refractivity contribution >= 4 is 15.9 Å². The number of nitrogens with one attached hydrogen (secondary N) is 1. The van der Waals surface area contributed by atoms with Crippen molar-refractivity contribution in [3.8, 4) is 11.1 Å². The van der Waals surface area contributed by atoms with Crippen molar-refractivity contribution in [3.63, 3.8) is 0 Å². The molecule has 18 heavy (non-hydrogen) atoms. The van der Waals surface area contributed by atoms with Gasteiger partial charge >= 0.3 is 0 Å². The van der Waals surface area contributed by atoms with E-state index in [9.17, 15) is 0 Å². The van der Waals surface area contributed by atoms with E-state index in [1.807, 2.05) is 25.0 Å². The van der Waals surface area contributed by atoms with Crippen molar-refractivity contribution in [1.29, 1.82) is 0 Å². The average molecular weight is 308 g/mol. The van der Waals surface area contributed by atoms with Gasteiger partial charge in [-0.2, -0.15) is 5.10 Å². The van der Waals surface area contributed by atoms with Crippen molar-refractivity contribution in [2.75, 3.05) is 13.6 Å². The van der Waals surface area contributed by atoms with Crippen molar-refractivity contribution in [3.05, 3.63) is 40.1 Å². The van der Waals surface area contributed by atoms with Gasteiger partial charge in [0.15, 0.2) is 0 Å². The maximum Gasteiger partial charge on any atom is 0.0571 e. The number of hydrogen-bond acceptors (Lipinski definition) is 2. The van der Waals surface area contributed by atoms with Crippen LogP contribution in [0.5, 0.6) is 0 Å². The second-order valence-corrected chi connectivity index (χ2v) is 5.36. The van der Waals surface area contributed by atoms with Crippen LogP contribution in [-0.2, 0) is 13.5 Å². The number of nitrogens with zero attached hydrogens (tertiary/aromatic N) is 2. The van der Waals surface area contributed by atoms with Crippen LogP contribution in [0.15, 0.2) is 28.9 Å². The van der Waals surface area contributed by atoms with Crippen LogP contribution in [0.3, 0.4) is 0 Å². The largest absolute Gasteiger partial charge is 0.319 e. The van der Waals surface area contributed by atoms with Gasteiger partial charge in [-0.1, -0.05) is 22.0 Å². The van der Waals surface area contributed by atoms with E-state index < -0.39 is 0 Å². The van der Waals surface area contributed by atoms with Gasteiger partial charge in [0.2, 0.25) is 0 Å². The fourth-order valence-corrected chi connectivity index (χ4v) is 2.47. The zero-order valence-corrected chi connectivity index (χ0v) is 12.6. The first-order chi connectivity index (χ1) is 8.63. The molecule has 0 unspecified atom stereocenters. The molecule has 0 bridgehead atoms. The number of rotatable bonds is 4. The Labute approximate surface area is 116 Å². The molecule has 2 rings (SSSR count). The summed E-state index contributed by atoms with van der Waals surface area (Å²) in [5.41, 5.74) is 5.03. The normalized spacial score (nSPS) is 10.9. The van der Waals surface area contributed by atoms with Gasteiger partial charge in [-0.3, -0.25) is 4.68 Å². The van der Waals surface area contributed by atoms with Gasteiger partial charge in [-0.05, 0) is 37.2 Å². The van der Waals surface area contributed by atoms with Gasteiger partial charge in [-0.15, -0.1) is 0 Å². The zero-order chi connectivity index (χ0) is 13.1. The summed E-state index contributed by atoms with van der Waals surface area (Å²) in [5, 5.41) is 7.58. The fourth-order valence-electron chi connectivity index (χ4n) is 2.11. The summed E-state index contributed by atoms with van der Waals surface area (Å²) in [6, 6.07) is 6.37. The summed E-state index contributed by atoms with van der Waals surface area (Å²) in [6.07, 6.45) is 2.94. The van der Waals surface area contributed by atoms with Crippen LogP contribution in [-0.4, -0.2) is 23.4 Å². The lowest BCUT2D eigenvalue weighted by atomic mass is 10.00. The first-order valence-corrected chi connectivity index (χ1v) is 6.84. The van der Waals surface area contributed by atoms with E-state index in [4.69, 9.17) is 0 Å². The van der Waals surface area contributed by atoms with Gasteiger partial charge in [0.05, 0.1) is 6.20 Å². The van der Waals surface area contributed by atoms with Gasteiger partial charge in [0.1, 0.15) is 0 Å². The Morgan fingerprint density at radius 3 is 2.83 bits per heavy atom. The van der Waals surface area contributed by atoms with Crippen molar-refractivity contribution in [2.24, 2.45) is 7.05 Å². The molecule has 0 amide bonds. The molecule has 0 aliphatic carbocycles. The number of hydrogen-bond donors (Lipinski definition) is 1. The summed E-state index contributed by atoms with van der Waals surface area (Å²) in [6.45, 7) is 3.09. The molecule has 96 valence electrons. The molecule has 0 saturated carbocycles. The Kier molecular flexibility index (Phi) is 4.19. The maximum atomic E-state index is 4.39. The lowest BCUT2D eigenvalue weighted by Crippen LogP contribution is -2.13. The van der Waals surface area contributed by atoms with Crippen LogP contribution < -0.4 is 5.32 Å². The molecule has 0 fully saturated rings. The first-order valence-electron chi connectivity index (χ1n) is 6.05. The van der Waals surface area contributed by atoms with E-state index in [-0.39, 0.29) is 0 Å².